The Labute approximate surface area is 188 Å². The Balaban J connectivity index is 1.50. The highest BCUT2D eigenvalue weighted by Crippen LogP contribution is 2.22. The van der Waals surface area contributed by atoms with Gasteiger partial charge in [0.25, 0.3) is 0 Å². The van der Waals surface area contributed by atoms with Crippen LogP contribution in [0.5, 0.6) is 0 Å². The number of ketones is 1. The minimum Gasteiger partial charge on any atom is -0.354 e. The number of carbonyl (C=O) groups is 1. The minimum atomic E-state index is -0.121. The molecule has 2 N–H and O–H groups in total. The highest BCUT2D eigenvalue weighted by Gasteiger charge is 2.17. The zero-order valence-electron chi connectivity index (χ0n) is 18.1. The van der Waals surface area contributed by atoms with E-state index in [4.69, 9.17) is 0 Å². The molecule has 0 saturated carbocycles. The van der Waals surface area contributed by atoms with Gasteiger partial charge in [0, 0.05) is 32.6 Å². The largest absolute Gasteiger partial charge is 0.354 e. The van der Waals surface area contributed by atoms with Gasteiger partial charge in [0.2, 0.25) is 0 Å². The normalized spacial score (nSPS) is 15.0. The molecule has 6 rings (SSSR count). The number of H-pyrrole nitrogens is 2. The van der Waals surface area contributed by atoms with Gasteiger partial charge in [-0.15, -0.1) is 0 Å². The highest BCUT2D eigenvalue weighted by atomic mass is 16.1. The van der Waals surface area contributed by atoms with Crippen LogP contribution >= 0.6 is 0 Å². The molecule has 1 aliphatic rings. The monoisotopic (exact) mass is 437 g/mol. The number of aromatic amines is 2. The summed E-state index contributed by atoms with van der Waals surface area (Å²) in [6.07, 6.45) is 3.49. The lowest BCUT2D eigenvalue weighted by Crippen LogP contribution is -2.34. The van der Waals surface area contributed by atoms with Gasteiger partial charge in [-0.2, -0.15) is 0 Å². The van der Waals surface area contributed by atoms with Gasteiger partial charge in [-0.05, 0) is 62.3 Å². The smallest absolute Gasteiger partial charge is 0.197 e. The van der Waals surface area contributed by atoms with Crippen molar-refractivity contribution in [3.05, 3.63) is 80.6 Å². The Morgan fingerprint density at radius 2 is 1.30 bits per heavy atom. The summed E-state index contributed by atoms with van der Waals surface area (Å²) in [5, 5.41) is 2.17. The van der Waals surface area contributed by atoms with Crippen molar-refractivity contribution >= 4 is 49.4 Å². The summed E-state index contributed by atoms with van der Waals surface area (Å²) < 4.78 is 0. The molecule has 6 nitrogen and oxygen atoms in total. The van der Waals surface area contributed by atoms with E-state index in [1.54, 1.807) is 36.4 Å². The van der Waals surface area contributed by atoms with Gasteiger partial charge >= 0.3 is 0 Å². The fraction of sp³-hybridized carbons (Fsp3) is 0.222. The molecule has 1 aliphatic heterocycles. The third-order valence-corrected chi connectivity index (χ3v) is 6.76. The fourth-order valence-corrected chi connectivity index (χ4v) is 4.98. The second-order valence-electron chi connectivity index (χ2n) is 8.92. The van der Waals surface area contributed by atoms with Crippen LogP contribution in [0.15, 0.2) is 64.2 Å². The number of para-hydroxylation sites is 1. The molecule has 3 heterocycles. The number of hydrogen-bond donors (Lipinski definition) is 2. The molecule has 0 amide bonds. The molecule has 0 spiro atoms. The zero-order chi connectivity index (χ0) is 22.5. The maximum absolute atomic E-state index is 13.3. The summed E-state index contributed by atoms with van der Waals surface area (Å²) in [6, 6.07) is 16.1. The third kappa shape index (κ3) is 3.34. The van der Waals surface area contributed by atoms with E-state index in [0.717, 1.165) is 31.4 Å². The topological polar surface area (TPSA) is 86.0 Å². The van der Waals surface area contributed by atoms with Crippen molar-refractivity contribution in [2.45, 2.75) is 19.3 Å². The number of likely N-dealkylation sites (tertiary alicyclic amines) is 1. The summed E-state index contributed by atoms with van der Waals surface area (Å²) in [7, 11) is 0. The number of hydrogen-bond acceptors (Lipinski definition) is 4. The predicted octanol–water partition coefficient (Wildman–Crippen LogP) is 4.34. The van der Waals surface area contributed by atoms with E-state index in [9.17, 15) is 14.4 Å². The van der Waals surface area contributed by atoms with E-state index in [1.165, 1.54) is 6.42 Å². The van der Waals surface area contributed by atoms with Crippen molar-refractivity contribution in [1.82, 2.24) is 14.9 Å². The van der Waals surface area contributed by atoms with E-state index in [0.29, 0.717) is 50.2 Å². The van der Waals surface area contributed by atoms with E-state index in [2.05, 4.69) is 14.9 Å². The lowest BCUT2D eigenvalue weighted by molar-refractivity contribution is 0.0916. The molecular formula is C27H23N3O3. The van der Waals surface area contributed by atoms with Crippen LogP contribution in [0.25, 0.3) is 43.6 Å². The average Bonchev–Trinajstić information content (AvgIpc) is 2.84. The first kappa shape index (κ1) is 19.9. The van der Waals surface area contributed by atoms with Crippen molar-refractivity contribution in [2.24, 2.45) is 0 Å². The zero-order valence-corrected chi connectivity index (χ0v) is 18.1. The van der Waals surface area contributed by atoms with Crippen LogP contribution in [0.4, 0.5) is 0 Å². The third-order valence-electron chi connectivity index (χ3n) is 6.76. The number of piperidine rings is 1. The summed E-state index contributed by atoms with van der Waals surface area (Å²) in [4.78, 5) is 48.0. The number of pyridine rings is 2. The molecule has 0 bridgehead atoms. The van der Waals surface area contributed by atoms with E-state index in [1.807, 2.05) is 18.2 Å². The van der Waals surface area contributed by atoms with Crippen molar-refractivity contribution in [1.29, 1.82) is 0 Å². The minimum absolute atomic E-state index is 0.0566. The Bertz CT molecular complexity index is 1690. The molecule has 164 valence electrons. The maximum Gasteiger partial charge on any atom is 0.197 e. The van der Waals surface area contributed by atoms with Crippen molar-refractivity contribution in [3.63, 3.8) is 0 Å². The molecule has 3 aromatic carbocycles. The number of rotatable bonds is 3. The van der Waals surface area contributed by atoms with Crippen LogP contribution in [0.3, 0.4) is 0 Å². The summed E-state index contributed by atoms with van der Waals surface area (Å²) in [6.45, 7) is 2.31. The Hall–Kier alpha value is -3.77. The molecule has 0 unspecified atom stereocenters. The van der Waals surface area contributed by atoms with Gasteiger partial charge in [-0.3, -0.25) is 19.3 Å². The number of nitrogens with one attached hydrogen (secondary N) is 2. The van der Waals surface area contributed by atoms with E-state index < -0.39 is 0 Å². The summed E-state index contributed by atoms with van der Waals surface area (Å²) in [5.74, 6) is 0.0566. The fourth-order valence-electron chi connectivity index (χ4n) is 4.98. The van der Waals surface area contributed by atoms with Gasteiger partial charge in [0.1, 0.15) is 0 Å². The molecule has 33 heavy (non-hydrogen) atoms. The van der Waals surface area contributed by atoms with Crippen LogP contribution < -0.4 is 10.9 Å². The standard InChI is InChI=1S/C27H23N3O3/c31-25(15-30-10-4-1-5-11-30)16-8-9-18-22(12-16)29-24-14-19-23(13-20(24)27(18)33)28-21-7-3-2-6-17(21)26(19)32/h2-3,6-9,12-14H,1,4-5,10-11,15H2,(H,28,32)(H,29,33). The first-order valence-electron chi connectivity index (χ1n) is 11.4. The molecule has 1 fully saturated rings. The number of aromatic nitrogens is 2. The quantitative estimate of drug-likeness (QED) is 0.325. The SMILES string of the molecule is O=C(CN1CCCCC1)c1ccc2c(=O)c3cc4[nH]c5ccccc5c(=O)c4cc3[nH]c2c1. The van der Waals surface area contributed by atoms with Gasteiger partial charge < -0.3 is 9.97 Å². The van der Waals surface area contributed by atoms with Crippen LogP contribution in [0, 0.1) is 0 Å². The second-order valence-corrected chi connectivity index (χ2v) is 8.92. The molecule has 1 saturated heterocycles. The van der Waals surface area contributed by atoms with Crippen molar-refractivity contribution in [2.75, 3.05) is 19.6 Å². The number of Topliss-reactive ketones (excluding diaryl/α,β-unsaturated/α-hetero) is 1. The van der Waals surface area contributed by atoms with Crippen molar-refractivity contribution in [3.8, 4) is 0 Å². The number of nitrogens with zero attached hydrogens (tertiary/aromatic N) is 1. The molecule has 2 aromatic heterocycles. The number of fused-ring (bicyclic) bond motifs is 4. The van der Waals surface area contributed by atoms with Gasteiger partial charge in [-0.1, -0.05) is 24.6 Å². The first-order valence-corrected chi connectivity index (χ1v) is 11.4. The summed E-state index contributed by atoms with van der Waals surface area (Å²) >= 11 is 0. The Morgan fingerprint density at radius 1 is 0.697 bits per heavy atom. The second kappa shape index (κ2) is 7.67. The summed E-state index contributed by atoms with van der Waals surface area (Å²) in [5.41, 5.74) is 2.95. The molecule has 0 atom stereocenters. The van der Waals surface area contributed by atoms with Crippen LogP contribution in [0.1, 0.15) is 29.6 Å². The van der Waals surface area contributed by atoms with E-state index >= 15 is 0 Å². The first-order chi connectivity index (χ1) is 16.1. The Morgan fingerprint density at radius 3 is 2.03 bits per heavy atom. The maximum atomic E-state index is 13.3. The van der Waals surface area contributed by atoms with Crippen molar-refractivity contribution < 1.29 is 4.79 Å². The molecule has 0 aliphatic carbocycles. The molecular weight excluding hydrogens is 414 g/mol. The van der Waals surface area contributed by atoms with Crippen LogP contribution in [-0.2, 0) is 0 Å². The van der Waals surface area contributed by atoms with Gasteiger partial charge in [0.15, 0.2) is 16.6 Å². The van der Waals surface area contributed by atoms with Crippen LogP contribution in [0.2, 0.25) is 0 Å². The predicted molar refractivity (Wildman–Crippen MR) is 132 cm³/mol. The van der Waals surface area contributed by atoms with E-state index in [-0.39, 0.29) is 16.6 Å². The van der Waals surface area contributed by atoms with Gasteiger partial charge in [0.05, 0.1) is 23.1 Å². The average molecular weight is 437 g/mol. The number of carbonyl (C=O) groups excluding carboxylic acids is 1. The molecule has 0 radical (unpaired) electrons. The Kier molecular flexibility index (Phi) is 4.62. The molecule has 5 aromatic rings. The number of benzene rings is 3. The lowest BCUT2D eigenvalue weighted by Gasteiger charge is -2.25. The van der Waals surface area contributed by atoms with Gasteiger partial charge in [-0.25, -0.2) is 0 Å². The lowest BCUT2D eigenvalue weighted by atomic mass is 10.0. The van der Waals surface area contributed by atoms with Crippen LogP contribution in [-0.4, -0.2) is 40.3 Å². The highest BCUT2D eigenvalue weighted by molar-refractivity contribution is 6.05. The molecule has 6 heteroatoms.